The smallest absolute Gasteiger partial charge is 0.143 e. The van der Waals surface area contributed by atoms with Crippen LogP contribution in [-0.2, 0) is 5.41 Å². The Labute approximate surface area is 267 Å². The zero-order chi connectivity index (χ0) is 30.0. The van der Waals surface area contributed by atoms with Gasteiger partial charge in [0.25, 0.3) is 0 Å². The third kappa shape index (κ3) is 3.88. The molecule has 0 amide bonds. The third-order valence-electron chi connectivity index (χ3n) is 9.47. The van der Waals surface area contributed by atoms with Crippen molar-refractivity contribution in [1.29, 1.82) is 0 Å². The maximum Gasteiger partial charge on any atom is 0.143 e. The summed E-state index contributed by atoms with van der Waals surface area (Å²) in [6.45, 7) is 0. The summed E-state index contributed by atoms with van der Waals surface area (Å²) in [7, 11) is 0. The Bertz CT molecular complexity index is 2370. The summed E-state index contributed by atoms with van der Waals surface area (Å²) in [4.78, 5) is 0. The van der Waals surface area contributed by atoms with E-state index in [1.54, 1.807) is 0 Å². The topological polar surface area (TPSA) is 13.1 Å². The number of furan rings is 1. The molecule has 0 fully saturated rings. The highest BCUT2D eigenvalue weighted by atomic mass is 35.5. The Morgan fingerprint density at radius 3 is 1.82 bits per heavy atom. The minimum Gasteiger partial charge on any atom is -0.455 e. The molecule has 0 aliphatic heterocycles. The molecule has 0 radical (unpaired) electrons. The van der Waals surface area contributed by atoms with E-state index in [-0.39, 0.29) is 0 Å². The standard InChI is InChI=1S/C43H27ClO/c44-33-25-26-36-35-11-4-6-15-39(35)43(40(36)27-33,31-21-17-29(18-22-31)28-9-2-1-3-10-28)32-23-19-30(20-24-32)34-13-8-14-38-37-12-5-7-16-41(37)45-42(34)38/h1-27H. The van der Waals surface area contributed by atoms with Gasteiger partial charge in [-0.1, -0.05) is 157 Å². The molecule has 0 saturated carbocycles. The van der Waals surface area contributed by atoms with E-state index < -0.39 is 5.41 Å². The average Bonchev–Trinajstić information content (AvgIpc) is 3.63. The van der Waals surface area contributed by atoms with E-state index in [4.69, 9.17) is 16.0 Å². The fourth-order valence-electron chi connectivity index (χ4n) is 7.46. The molecule has 0 spiro atoms. The average molecular weight is 595 g/mol. The minimum atomic E-state index is -0.532. The molecule has 8 aromatic rings. The number of hydrogen-bond acceptors (Lipinski definition) is 1. The maximum absolute atomic E-state index is 6.76. The van der Waals surface area contributed by atoms with Crippen LogP contribution in [-0.4, -0.2) is 0 Å². The van der Waals surface area contributed by atoms with Gasteiger partial charge in [0, 0.05) is 21.4 Å². The number of para-hydroxylation sites is 2. The lowest BCUT2D eigenvalue weighted by Gasteiger charge is -2.34. The highest BCUT2D eigenvalue weighted by molar-refractivity contribution is 6.30. The summed E-state index contributed by atoms with van der Waals surface area (Å²) in [5.41, 5.74) is 13.2. The molecule has 1 atom stereocenters. The Kier molecular flexibility index (Phi) is 5.84. The molecule has 212 valence electrons. The van der Waals surface area contributed by atoms with E-state index in [0.29, 0.717) is 0 Å². The summed E-state index contributed by atoms with van der Waals surface area (Å²) in [6, 6.07) is 58.4. The molecular formula is C43H27ClO. The zero-order valence-electron chi connectivity index (χ0n) is 24.4. The van der Waals surface area contributed by atoms with Crippen LogP contribution in [0.15, 0.2) is 168 Å². The molecule has 0 N–H and O–H groups in total. The lowest BCUT2D eigenvalue weighted by atomic mass is 9.67. The van der Waals surface area contributed by atoms with Crippen LogP contribution in [0.25, 0.3) is 55.3 Å². The van der Waals surface area contributed by atoms with Crippen LogP contribution in [0.5, 0.6) is 0 Å². The SMILES string of the molecule is Clc1ccc2c(c1)C(c1ccc(-c3ccccc3)cc1)(c1ccc(-c3cccc4c3oc3ccccc34)cc1)c1ccccc1-2. The number of benzene rings is 7. The van der Waals surface area contributed by atoms with Crippen molar-refractivity contribution in [3.63, 3.8) is 0 Å². The molecule has 0 saturated heterocycles. The quantitative estimate of drug-likeness (QED) is 0.197. The van der Waals surface area contributed by atoms with Gasteiger partial charge in [-0.25, -0.2) is 0 Å². The molecule has 1 aromatic heterocycles. The first-order valence-electron chi connectivity index (χ1n) is 15.3. The maximum atomic E-state index is 6.76. The van der Waals surface area contributed by atoms with E-state index in [2.05, 4.69) is 146 Å². The molecule has 1 aliphatic carbocycles. The van der Waals surface area contributed by atoms with Gasteiger partial charge in [-0.3, -0.25) is 0 Å². The normalized spacial score (nSPS) is 15.3. The molecule has 2 heteroatoms. The number of fused-ring (bicyclic) bond motifs is 6. The van der Waals surface area contributed by atoms with Crippen molar-refractivity contribution in [3.05, 3.63) is 191 Å². The van der Waals surface area contributed by atoms with Crippen LogP contribution in [0.4, 0.5) is 0 Å². The van der Waals surface area contributed by atoms with Gasteiger partial charge in [0.15, 0.2) is 0 Å². The van der Waals surface area contributed by atoms with E-state index in [9.17, 15) is 0 Å². The number of halogens is 1. The molecule has 7 aromatic carbocycles. The summed E-state index contributed by atoms with van der Waals surface area (Å²) in [6.07, 6.45) is 0. The van der Waals surface area contributed by atoms with Gasteiger partial charge in [0.1, 0.15) is 11.2 Å². The highest BCUT2D eigenvalue weighted by Gasteiger charge is 2.46. The first-order valence-corrected chi connectivity index (χ1v) is 15.7. The van der Waals surface area contributed by atoms with Crippen molar-refractivity contribution < 1.29 is 4.42 Å². The molecule has 9 rings (SSSR count). The van der Waals surface area contributed by atoms with Crippen molar-refractivity contribution in [2.75, 3.05) is 0 Å². The van der Waals surface area contributed by atoms with Gasteiger partial charge in [0.05, 0.1) is 5.41 Å². The molecular weight excluding hydrogens is 568 g/mol. The Morgan fingerprint density at radius 2 is 1.02 bits per heavy atom. The number of hydrogen-bond donors (Lipinski definition) is 0. The molecule has 1 aliphatic rings. The van der Waals surface area contributed by atoms with Gasteiger partial charge < -0.3 is 4.42 Å². The molecule has 0 bridgehead atoms. The van der Waals surface area contributed by atoms with Gasteiger partial charge in [-0.15, -0.1) is 0 Å². The molecule has 45 heavy (non-hydrogen) atoms. The fourth-order valence-corrected chi connectivity index (χ4v) is 7.63. The van der Waals surface area contributed by atoms with Crippen molar-refractivity contribution in [3.8, 4) is 33.4 Å². The van der Waals surface area contributed by atoms with Gasteiger partial charge in [-0.05, 0) is 68.3 Å². The monoisotopic (exact) mass is 594 g/mol. The van der Waals surface area contributed by atoms with E-state index in [0.717, 1.165) is 38.1 Å². The van der Waals surface area contributed by atoms with Crippen LogP contribution < -0.4 is 0 Å². The summed E-state index contributed by atoms with van der Waals surface area (Å²) < 4.78 is 6.40. The fraction of sp³-hybridized carbons (Fsp3) is 0.0233. The van der Waals surface area contributed by atoms with Crippen molar-refractivity contribution >= 4 is 33.5 Å². The van der Waals surface area contributed by atoms with E-state index >= 15 is 0 Å². The second kappa shape index (κ2) is 10.1. The second-order valence-electron chi connectivity index (χ2n) is 11.8. The van der Waals surface area contributed by atoms with E-state index in [1.165, 1.54) is 44.5 Å². The van der Waals surface area contributed by atoms with Gasteiger partial charge in [0.2, 0.25) is 0 Å². The minimum absolute atomic E-state index is 0.532. The van der Waals surface area contributed by atoms with Gasteiger partial charge in [-0.2, -0.15) is 0 Å². The van der Waals surface area contributed by atoms with Crippen molar-refractivity contribution in [2.24, 2.45) is 0 Å². The first-order chi connectivity index (χ1) is 22.2. The predicted octanol–water partition coefficient (Wildman–Crippen LogP) is 11.9. The lowest BCUT2D eigenvalue weighted by molar-refractivity contribution is 0.670. The molecule has 1 heterocycles. The summed E-state index contributed by atoms with van der Waals surface area (Å²) >= 11 is 6.76. The van der Waals surface area contributed by atoms with Crippen LogP contribution >= 0.6 is 11.6 Å². The Balaban J connectivity index is 1.26. The van der Waals surface area contributed by atoms with Crippen LogP contribution in [0, 0.1) is 0 Å². The summed E-state index contributed by atoms with van der Waals surface area (Å²) in [5.74, 6) is 0. The van der Waals surface area contributed by atoms with Crippen molar-refractivity contribution in [2.45, 2.75) is 5.41 Å². The van der Waals surface area contributed by atoms with Crippen LogP contribution in [0.1, 0.15) is 22.3 Å². The lowest BCUT2D eigenvalue weighted by Crippen LogP contribution is -2.28. The highest BCUT2D eigenvalue weighted by Crippen LogP contribution is 2.56. The molecule has 1 nitrogen and oxygen atoms in total. The zero-order valence-corrected chi connectivity index (χ0v) is 25.1. The van der Waals surface area contributed by atoms with Crippen LogP contribution in [0.2, 0.25) is 5.02 Å². The van der Waals surface area contributed by atoms with Crippen LogP contribution in [0.3, 0.4) is 0 Å². The van der Waals surface area contributed by atoms with E-state index in [1.807, 2.05) is 18.2 Å². The third-order valence-corrected chi connectivity index (χ3v) is 9.70. The first kappa shape index (κ1) is 26.1. The second-order valence-corrected chi connectivity index (χ2v) is 12.2. The largest absolute Gasteiger partial charge is 0.455 e. The predicted molar refractivity (Wildman–Crippen MR) is 187 cm³/mol. The molecule has 1 unspecified atom stereocenters. The Hall–Kier alpha value is -5.37. The van der Waals surface area contributed by atoms with Gasteiger partial charge >= 0.3 is 0 Å². The summed E-state index contributed by atoms with van der Waals surface area (Å²) in [5, 5.41) is 3.01. The number of rotatable bonds is 4. The van der Waals surface area contributed by atoms with Crippen molar-refractivity contribution in [1.82, 2.24) is 0 Å². The Morgan fingerprint density at radius 1 is 0.422 bits per heavy atom.